The number of carboxylic acids is 1. The zero-order valence-corrected chi connectivity index (χ0v) is 7.69. The number of Topliss-reactive ketones (excluding diaryl/α,β-unsaturated/α-hetero) is 1. The lowest BCUT2D eigenvalue weighted by molar-refractivity contribution is -0.130. The van der Waals surface area contributed by atoms with Gasteiger partial charge in [0.2, 0.25) is 0 Å². The van der Waals surface area contributed by atoms with Crippen molar-refractivity contribution in [2.45, 2.75) is 13.3 Å². The summed E-state index contributed by atoms with van der Waals surface area (Å²) >= 11 is 0. The highest BCUT2D eigenvalue weighted by Gasteiger charge is 2.10. The summed E-state index contributed by atoms with van der Waals surface area (Å²) in [4.78, 5) is 21.5. The summed E-state index contributed by atoms with van der Waals surface area (Å²) < 4.78 is 4.76. The molecule has 74 valence electrons. The summed E-state index contributed by atoms with van der Waals surface area (Å²) in [6, 6.07) is 1.54. The van der Waals surface area contributed by atoms with Gasteiger partial charge in [-0.1, -0.05) is 6.08 Å². The molecule has 0 radical (unpaired) electrons. The van der Waals surface area contributed by atoms with Crippen LogP contribution in [0.5, 0.6) is 0 Å². The highest BCUT2D eigenvalue weighted by atomic mass is 16.4. The number of carbonyl (C=O) groups excluding carboxylic acids is 1. The van der Waals surface area contributed by atoms with Crippen LogP contribution < -0.4 is 0 Å². The minimum absolute atomic E-state index is 0.0766. The normalized spacial score (nSPS) is 11.4. The van der Waals surface area contributed by atoms with Crippen molar-refractivity contribution >= 4 is 17.3 Å². The summed E-state index contributed by atoms with van der Waals surface area (Å²) in [5.74, 6) is -1.14. The first-order valence-corrected chi connectivity index (χ1v) is 4.06. The van der Waals surface area contributed by atoms with Gasteiger partial charge in [-0.25, -0.2) is 4.79 Å². The Balaban J connectivity index is 2.91. The molecule has 0 aliphatic carbocycles. The largest absolute Gasteiger partial charge is 0.478 e. The van der Waals surface area contributed by atoms with Gasteiger partial charge in [-0.15, -0.1) is 0 Å². The molecule has 4 nitrogen and oxygen atoms in total. The molecule has 1 rings (SSSR count). The highest BCUT2D eigenvalue weighted by molar-refractivity contribution is 6.15. The van der Waals surface area contributed by atoms with Crippen LogP contribution in [0.25, 0.3) is 5.57 Å². The minimum atomic E-state index is -1.06. The predicted octanol–water partition coefficient (Wildman–Crippen LogP) is 1.73. The number of carbonyl (C=O) groups is 2. The van der Waals surface area contributed by atoms with Gasteiger partial charge in [-0.2, -0.15) is 0 Å². The van der Waals surface area contributed by atoms with E-state index in [9.17, 15) is 9.59 Å². The Morgan fingerprint density at radius 3 is 2.71 bits per heavy atom. The minimum Gasteiger partial charge on any atom is -0.478 e. The Labute approximate surface area is 80.8 Å². The van der Waals surface area contributed by atoms with Gasteiger partial charge >= 0.3 is 5.97 Å². The van der Waals surface area contributed by atoms with Gasteiger partial charge in [0, 0.05) is 12.0 Å². The second kappa shape index (κ2) is 4.41. The van der Waals surface area contributed by atoms with E-state index in [4.69, 9.17) is 9.52 Å². The molecule has 1 N–H and O–H groups in total. The van der Waals surface area contributed by atoms with Crippen LogP contribution in [0.1, 0.15) is 18.9 Å². The molecular formula is C10H10O4. The molecule has 0 amide bonds. The van der Waals surface area contributed by atoms with Crippen LogP contribution in [0, 0.1) is 0 Å². The molecule has 0 fully saturated rings. The maximum Gasteiger partial charge on any atom is 0.336 e. The molecule has 0 spiro atoms. The van der Waals surface area contributed by atoms with E-state index in [2.05, 4.69) is 0 Å². The van der Waals surface area contributed by atoms with E-state index in [0.29, 0.717) is 5.56 Å². The van der Waals surface area contributed by atoms with Crippen molar-refractivity contribution in [1.29, 1.82) is 0 Å². The lowest BCUT2D eigenvalue weighted by Gasteiger charge is -1.96. The zero-order chi connectivity index (χ0) is 10.6. The smallest absolute Gasteiger partial charge is 0.336 e. The van der Waals surface area contributed by atoms with Crippen LogP contribution in [0.4, 0.5) is 0 Å². The Morgan fingerprint density at radius 2 is 2.29 bits per heavy atom. The number of carboxylic acid groups (broad SMARTS) is 1. The van der Waals surface area contributed by atoms with Crippen molar-refractivity contribution < 1.29 is 19.1 Å². The quantitative estimate of drug-likeness (QED) is 0.741. The third-order valence-corrected chi connectivity index (χ3v) is 1.66. The second-order valence-electron chi connectivity index (χ2n) is 2.84. The van der Waals surface area contributed by atoms with E-state index in [0.717, 1.165) is 0 Å². The van der Waals surface area contributed by atoms with Gasteiger partial charge in [0.15, 0.2) is 0 Å². The van der Waals surface area contributed by atoms with Gasteiger partial charge in [0.25, 0.3) is 0 Å². The van der Waals surface area contributed by atoms with Gasteiger partial charge in [-0.3, -0.25) is 4.79 Å². The van der Waals surface area contributed by atoms with E-state index >= 15 is 0 Å². The van der Waals surface area contributed by atoms with E-state index in [1.54, 1.807) is 6.07 Å². The monoisotopic (exact) mass is 194 g/mol. The highest BCUT2D eigenvalue weighted by Crippen LogP contribution is 2.15. The summed E-state index contributed by atoms with van der Waals surface area (Å²) in [6.45, 7) is 1.41. The first-order valence-electron chi connectivity index (χ1n) is 4.06. The Bertz CT molecular complexity index is 359. The standard InChI is InChI=1S/C10H10O4/c1-7(11)2-3-9(10(12)13)8-4-5-14-6-8/h3-6H,2H2,1H3,(H,12,13). The molecule has 4 heteroatoms. The SMILES string of the molecule is CC(=O)CC=C(C(=O)O)c1ccoc1. The Kier molecular flexibility index (Phi) is 3.23. The third kappa shape index (κ3) is 2.58. The van der Waals surface area contributed by atoms with E-state index in [1.165, 1.54) is 25.5 Å². The molecule has 0 bridgehead atoms. The molecule has 14 heavy (non-hydrogen) atoms. The van der Waals surface area contributed by atoms with Crippen molar-refractivity contribution in [3.8, 4) is 0 Å². The van der Waals surface area contributed by atoms with E-state index in [1.807, 2.05) is 0 Å². The molecule has 0 saturated carbocycles. The molecule has 0 aliphatic rings. The van der Waals surface area contributed by atoms with Gasteiger partial charge < -0.3 is 9.52 Å². The lowest BCUT2D eigenvalue weighted by atomic mass is 10.1. The Hall–Kier alpha value is -1.84. The first-order chi connectivity index (χ1) is 6.61. The lowest BCUT2D eigenvalue weighted by Crippen LogP contribution is -1.99. The third-order valence-electron chi connectivity index (χ3n) is 1.66. The van der Waals surface area contributed by atoms with Crippen molar-refractivity contribution in [2.24, 2.45) is 0 Å². The average Bonchev–Trinajstić information content (AvgIpc) is 2.56. The van der Waals surface area contributed by atoms with Crippen LogP contribution in [0.2, 0.25) is 0 Å². The van der Waals surface area contributed by atoms with Crippen molar-refractivity contribution in [3.05, 3.63) is 30.2 Å². The molecule has 1 aromatic rings. The Morgan fingerprint density at radius 1 is 1.57 bits per heavy atom. The first kappa shape index (κ1) is 10.2. The van der Waals surface area contributed by atoms with E-state index < -0.39 is 5.97 Å². The maximum absolute atomic E-state index is 10.8. The van der Waals surface area contributed by atoms with Crippen molar-refractivity contribution in [3.63, 3.8) is 0 Å². The number of hydrogen-bond acceptors (Lipinski definition) is 3. The van der Waals surface area contributed by atoms with Gasteiger partial charge in [-0.05, 0) is 13.0 Å². The van der Waals surface area contributed by atoms with Crippen molar-refractivity contribution in [2.75, 3.05) is 0 Å². The van der Waals surface area contributed by atoms with Crippen LogP contribution >= 0.6 is 0 Å². The molecule has 0 aliphatic heterocycles. The molecule has 0 atom stereocenters. The van der Waals surface area contributed by atoms with Crippen molar-refractivity contribution in [1.82, 2.24) is 0 Å². The number of rotatable bonds is 4. The molecule has 1 heterocycles. The predicted molar refractivity (Wildman–Crippen MR) is 49.6 cm³/mol. The molecule has 1 aromatic heterocycles. The molecule has 0 saturated heterocycles. The van der Waals surface area contributed by atoms with Crippen LogP contribution in [0.15, 0.2) is 29.1 Å². The molecule has 0 unspecified atom stereocenters. The van der Waals surface area contributed by atoms with Crippen LogP contribution in [0.3, 0.4) is 0 Å². The fourth-order valence-corrected chi connectivity index (χ4v) is 0.992. The summed E-state index contributed by atoms with van der Waals surface area (Å²) in [5.41, 5.74) is 0.563. The van der Waals surface area contributed by atoms with Crippen LogP contribution in [-0.4, -0.2) is 16.9 Å². The van der Waals surface area contributed by atoms with Crippen LogP contribution in [-0.2, 0) is 9.59 Å². The number of allylic oxidation sites excluding steroid dienone is 1. The van der Waals surface area contributed by atoms with Gasteiger partial charge in [0.05, 0.1) is 18.1 Å². The molecular weight excluding hydrogens is 184 g/mol. The topological polar surface area (TPSA) is 67.5 Å². The van der Waals surface area contributed by atoms with Gasteiger partial charge in [0.1, 0.15) is 5.78 Å². The second-order valence-corrected chi connectivity index (χ2v) is 2.84. The molecule has 0 aromatic carbocycles. The number of hydrogen-bond donors (Lipinski definition) is 1. The fourth-order valence-electron chi connectivity index (χ4n) is 0.992. The maximum atomic E-state index is 10.8. The summed E-state index contributed by atoms with van der Waals surface area (Å²) in [7, 11) is 0. The number of furan rings is 1. The fraction of sp³-hybridized carbons (Fsp3) is 0.200. The van der Waals surface area contributed by atoms with E-state index in [-0.39, 0.29) is 17.8 Å². The summed E-state index contributed by atoms with van der Waals surface area (Å²) in [6.07, 6.45) is 4.22. The number of aliphatic carboxylic acids is 1. The number of ketones is 1. The zero-order valence-electron chi connectivity index (χ0n) is 7.69. The average molecular weight is 194 g/mol. The summed E-state index contributed by atoms with van der Waals surface area (Å²) in [5, 5.41) is 8.84.